The Morgan fingerprint density at radius 3 is 2.14 bits per heavy atom. The molecule has 0 heterocycles. The standard InChI is InChI=1S/C9H8F5O6PS/c1-18-21(15)19-20-22(16,17)7-5-3-2-4-6(7)8(10,11)9(12,13)14/h2-5,21H,1H3. The van der Waals surface area contributed by atoms with E-state index in [-0.39, 0.29) is 6.07 Å². The molecule has 0 radical (unpaired) electrons. The lowest BCUT2D eigenvalue weighted by molar-refractivity contribution is -0.290. The van der Waals surface area contributed by atoms with E-state index in [1.165, 1.54) is 0 Å². The molecule has 0 spiro atoms. The zero-order valence-electron chi connectivity index (χ0n) is 10.6. The van der Waals surface area contributed by atoms with Gasteiger partial charge in [-0.1, -0.05) is 22.5 Å². The molecule has 0 saturated heterocycles. The Kier molecular flexibility index (Phi) is 5.68. The van der Waals surface area contributed by atoms with E-state index in [2.05, 4.69) is 13.5 Å². The second kappa shape index (κ2) is 6.59. The second-order valence-electron chi connectivity index (χ2n) is 3.63. The minimum absolute atomic E-state index is 0.267. The SMILES string of the molecule is CO[PH](=O)OOS(=O)(=O)c1ccccc1C(F)(F)C(F)(F)F. The van der Waals surface area contributed by atoms with Gasteiger partial charge in [0.05, 0.1) is 5.56 Å². The highest BCUT2D eigenvalue weighted by Crippen LogP contribution is 2.46. The van der Waals surface area contributed by atoms with E-state index < -0.39 is 40.9 Å². The molecule has 0 bridgehead atoms. The van der Waals surface area contributed by atoms with Crippen molar-refractivity contribution in [1.82, 2.24) is 0 Å². The number of hydrogen-bond donors (Lipinski definition) is 0. The van der Waals surface area contributed by atoms with E-state index in [1.807, 2.05) is 0 Å². The summed E-state index contributed by atoms with van der Waals surface area (Å²) in [7, 11) is -7.74. The molecule has 0 fully saturated rings. The molecule has 0 aromatic heterocycles. The normalized spacial score (nSPS) is 14.8. The van der Waals surface area contributed by atoms with Gasteiger partial charge in [-0.15, -0.1) is 4.67 Å². The fraction of sp³-hybridized carbons (Fsp3) is 0.333. The minimum Gasteiger partial charge on any atom is -0.312 e. The first-order valence-electron chi connectivity index (χ1n) is 5.16. The molecular formula is C9H8F5O6PS. The molecule has 0 aliphatic carbocycles. The summed E-state index contributed by atoms with van der Waals surface area (Å²) in [4.78, 5) is -1.48. The summed E-state index contributed by atoms with van der Waals surface area (Å²) in [6.07, 6.45) is -6.03. The van der Waals surface area contributed by atoms with Crippen molar-refractivity contribution in [2.75, 3.05) is 7.11 Å². The predicted molar refractivity (Wildman–Crippen MR) is 61.8 cm³/mol. The molecular weight excluding hydrogens is 362 g/mol. The number of halogens is 5. The fourth-order valence-electron chi connectivity index (χ4n) is 1.24. The quantitative estimate of drug-likeness (QED) is 0.332. The largest absolute Gasteiger partial charge is 0.458 e. The maximum absolute atomic E-state index is 13.4. The highest BCUT2D eigenvalue weighted by atomic mass is 32.2. The van der Waals surface area contributed by atoms with Gasteiger partial charge in [0, 0.05) is 7.11 Å². The highest BCUT2D eigenvalue weighted by molar-refractivity contribution is 7.86. The molecule has 1 unspecified atom stereocenters. The molecule has 1 aromatic carbocycles. The van der Waals surface area contributed by atoms with Crippen molar-refractivity contribution in [3.05, 3.63) is 29.8 Å². The molecule has 0 saturated carbocycles. The average molecular weight is 370 g/mol. The van der Waals surface area contributed by atoms with Gasteiger partial charge in [0.25, 0.3) is 0 Å². The summed E-state index contributed by atoms with van der Waals surface area (Å²) in [5, 5.41) is 0. The lowest BCUT2D eigenvalue weighted by Crippen LogP contribution is -2.35. The van der Waals surface area contributed by atoms with Crippen LogP contribution in [0, 0.1) is 0 Å². The van der Waals surface area contributed by atoms with Crippen LogP contribution in [0.15, 0.2) is 29.2 Å². The maximum Gasteiger partial charge on any atom is 0.458 e. The minimum atomic E-state index is -6.03. The van der Waals surface area contributed by atoms with Crippen molar-refractivity contribution in [1.29, 1.82) is 0 Å². The molecule has 126 valence electrons. The number of rotatable bonds is 6. The van der Waals surface area contributed by atoms with Crippen LogP contribution in [-0.4, -0.2) is 21.7 Å². The van der Waals surface area contributed by atoms with Gasteiger partial charge in [-0.2, -0.15) is 30.4 Å². The van der Waals surface area contributed by atoms with Crippen LogP contribution in [0.5, 0.6) is 0 Å². The Morgan fingerprint density at radius 2 is 1.64 bits per heavy atom. The van der Waals surface area contributed by atoms with E-state index in [4.69, 9.17) is 0 Å². The van der Waals surface area contributed by atoms with Gasteiger partial charge in [0.1, 0.15) is 4.90 Å². The van der Waals surface area contributed by atoms with Gasteiger partial charge in [-0.3, -0.25) is 4.57 Å². The fourth-order valence-corrected chi connectivity index (χ4v) is 2.67. The zero-order valence-corrected chi connectivity index (χ0v) is 12.4. The number of alkyl halides is 5. The van der Waals surface area contributed by atoms with Crippen molar-refractivity contribution in [3.8, 4) is 0 Å². The van der Waals surface area contributed by atoms with Crippen LogP contribution in [-0.2, 0) is 34.1 Å². The van der Waals surface area contributed by atoms with Crippen molar-refractivity contribution in [2.24, 2.45) is 0 Å². The van der Waals surface area contributed by atoms with E-state index in [1.54, 1.807) is 0 Å². The van der Waals surface area contributed by atoms with E-state index in [0.29, 0.717) is 6.07 Å². The Labute approximate surface area is 121 Å². The van der Waals surface area contributed by atoms with Crippen LogP contribution in [0.1, 0.15) is 5.56 Å². The van der Waals surface area contributed by atoms with E-state index >= 15 is 0 Å². The third-order valence-electron chi connectivity index (χ3n) is 2.21. The lowest BCUT2D eigenvalue weighted by Gasteiger charge is -2.21. The van der Waals surface area contributed by atoms with Gasteiger partial charge in [-0.05, 0) is 6.07 Å². The number of benzene rings is 1. The van der Waals surface area contributed by atoms with Crippen molar-refractivity contribution in [2.45, 2.75) is 17.0 Å². The van der Waals surface area contributed by atoms with Crippen molar-refractivity contribution in [3.63, 3.8) is 0 Å². The van der Waals surface area contributed by atoms with Gasteiger partial charge in [-0.25, -0.2) is 0 Å². The first-order valence-corrected chi connectivity index (χ1v) is 7.80. The summed E-state index contributed by atoms with van der Waals surface area (Å²) in [5.41, 5.74) is -1.86. The molecule has 6 nitrogen and oxygen atoms in total. The third kappa shape index (κ3) is 4.02. The summed E-state index contributed by atoms with van der Waals surface area (Å²) in [6.45, 7) is 0. The molecule has 0 amide bonds. The maximum atomic E-state index is 13.4. The molecule has 22 heavy (non-hydrogen) atoms. The van der Waals surface area contributed by atoms with Gasteiger partial charge < -0.3 is 4.52 Å². The molecule has 13 heteroatoms. The molecule has 1 aromatic rings. The first-order chi connectivity index (χ1) is 9.93. The number of hydrogen-bond acceptors (Lipinski definition) is 6. The van der Waals surface area contributed by atoms with Gasteiger partial charge in [0.2, 0.25) is 0 Å². The Morgan fingerprint density at radius 1 is 1.09 bits per heavy atom. The predicted octanol–water partition coefficient (Wildman–Crippen LogP) is 3.01. The van der Waals surface area contributed by atoms with E-state index in [9.17, 15) is 34.9 Å². The first kappa shape index (κ1) is 19.0. The van der Waals surface area contributed by atoms with Crippen LogP contribution in [0.4, 0.5) is 22.0 Å². The van der Waals surface area contributed by atoms with E-state index in [0.717, 1.165) is 19.2 Å². The summed E-state index contributed by atoms with van der Waals surface area (Å²) >= 11 is 0. The average Bonchev–Trinajstić information content (AvgIpc) is 2.43. The molecule has 0 aliphatic rings. The third-order valence-corrected chi connectivity index (χ3v) is 4.02. The summed E-state index contributed by atoms with van der Waals surface area (Å²) < 4.78 is 109. The molecule has 0 N–H and O–H groups in total. The van der Waals surface area contributed by atoms with Gasteiger partial charge in [0.15, 0.2) is 0 Å². The zero-order chi connectivity index (χ0) is 17.2. The Hall–Kier alpha value is -1.07. The van der Waals surface area contributed by atoms with Crippen LogP contribution in [0.2, 0.25) is 0 Å². The van der Waals surface area contributed by atoms with Crippen LogP contribution < -0.4 is 0 Å². The Bertz CT molecular complexity index is 659. The summed E-state index contributed by atoms with van der Waals surface area (Å²) in [5.74, 6) is -5.45. The van der Waals surface area contributed by atoms with Crippen molar-refractivity contribution >= 4 is 18.4 Å². The van der Waals surface area contributed by atoms with Crippen LogP contribution in [0.25, 0.3) is 0 Å². The molecule has 0 aliphatic heterocycles. The van der Waals surface area contributed by atoms with Gasteiger partial charge >= 0.3 is 30.5 Å². The van der Waals surface area contributed by atoms with Crippen LogP contribution in [0.3, 0.4) is 0 Å². The molecule has 1 rings (SSSR count). The molecule has 1 atom stereocenters. The van der Waals surface area contributed by atoms with Crippen molar-refractivity contribution < 1.29 is 48.5 Å². The second-order valence-corrected chi connectivity index (χ2v) is 6.19. The smallest absolute Gasteiger partial charge is 0.312 e. The monoisotopic (exact) mass is 370 g/mol. The van der Waals surface area contributed by atoms with Crippen LogP contribution >= 0.6 is 8.25 Å². The lowest BCUT2D eigenvalue weighted by atomic mass is 10.1. The summed E-state index contributed by atoms with van der Waals surface area (Å²) in [6, 6.07) is 2.40. The topological polar surface area (TPSA) is 78.9 Å². The Balaban J connectivity index is 3.30. The highest BCUT2D eigenvalue weighted by Gasteiger charge is 2.60.